The van der Waals surface area contributed by atoms with Gasteiger partial charge in [-0.15, -0.1) is 0 Å². The lowest BCUT2D eigenvalue weighted by atomic mass is 9.88. The highest BCUT2D eigenvalue weighted by atomic mass is 19.4. The van der Waals surface area contributed by atoms with Crippen molar-refractivity contribution in [3.05, 3.63) is 29.3 Å². The molecule has 1 aromatic rings. The standard InChI is InChI=1S/C20H30F3N3/c1-3-26(19(2)6-8-24-9-7-19)15-16-12-17(20(21,22)23)14-18(13-16)25-10-4-5-11-25/h12-14,24H,3-11,15H2,1-2H3. The molecule has 146 valence electrons. The summed E-state index contributed by atoms with van der Waals surface area (Å²) in [6, 6.07) is 4.62. The summed E-state index contributed by atoms with van der Waals surface area (Å²) in [7, 11) is 0. The number of nitrogens with one attached hydrogen (secondary N) is 1. The predicted molar refractivity (Wildman–Crippen MR) is 99.5 cm³/mol. The molecule has 26 heavy (non-hydrogen) atoms. The van der Waals surface area contributed by atoms with Crippen LogP contribution in [-0.2, 0) is 12.7 Å². The van der Waals surface area contributed by atoms with E-state index in [-0.39, 0.29) is 5.54 Å². The fourth-order valence-corrected chi connectivity index (χ4v) is 4.27. The van der Waals surface area contributed by atoms with Crippen molar-refractivity contribution in [2.45, 2.75) is 57.8 Å². The Morgan fingerprint density at radius 3 is 2.35 bits per heavy atom. The Hall–Kier alpha value is -1.27. The zero-order valence-electron chi connectivity index (χ0n) is 15.8. The molecule has 0 aliphatic carbocycles. The summed E-state index contributed by atoms with van der Waals surface area (Å²) in [5.74, 6) is 0. The normalized spacial score (nSPS) is 20.8. The Kier molecular flexibility index (Phi) is 5.82. The Labute approximate surface area is 154 Å². The van der Waals surface area contributed by atoms with Crippen LogP contribution in [0, 0.1) is 0 Å². The lowest BCUT2D eigenvalue weighted by Crippen LogP contribution is -2.52. The lowest BCUT2D eigenvalue weighted by molar-refractivity contribution is -0.137. The largest absolute Gasteiger partial charge is 0.416 e. The van der Waals surface area contributed by atoms with Crippen molar-refractivity contribution in [1.82, 2.24) is 10.2 Å². The molecule has 2 fully saturated rings. The van der Waals surface area contributed by atoms with Gasteiger partial charge in [0.05, 0.1) is 5.56 Å². The van der Waals surface area contributed by atoms with E-state index in [9.17, 15) is 13.2 Å². The zero-order chi connectivity index (χ0) is 18.8. The van der Waals surface area contributed by atoms with Gasteiger partial charge in [-0.05, 0) is 76.0 Å². The topological polar surface area (TPSA) is 18.5 Å². The van der Waals surface area contributed by atoms with E-state index < -0.39 is 11.7 Å². The van der Waals surface area contributed by atoms with Crippen molar-refractivity contribution in [2.24, 2.45) is 0 Å². The molecule has 0 atom stereocenters. The summed E-state index contributed by atoms with van der Waals surface area (Å²) in [6.45, 7) is 9.38. The summed E-state index contributed by atoms with van der Waals surface area (Å²) in [5.41, 5.74) is 1.01. The minimum atomic E-state index is -4.31. The van der Waals surface area contributed by atoms with Crippen molar-refractivity contribution < 1.29 is 13.2 Å². The molecule has 0 amide bonds. The second-order valence-corrected chi connectivity index (χ2v) is 7.84. The van der Waals surface area contributed by atoms with E-state index in [1.54, 1.807) is 0 Å². The van der Waals surface area contributed by atoms with E-state index in [2.05, 4.69) is 29.0 Å². The van der Waals surface area contributed by atoms with Gasteiger partial charge in [-0.2, -0.15) is 13.2 Å². The van der Waals surface area contributed by atoms with E-state index in [4.69, 9.17) is 0 Å². The van der Waals surface area contributed by atoms with Crippen LogP contribution in [-0.4, -0.2) is 43.2 Å². The summed E-state index contributed by atoms with van der Waals surface area (Å²) >= 11 is 0. The number of rotatable bonds is 5. The molecule has 0 unspecified atom stereocenters. The molecule has 2 aliphatic rings. The van der Waals surface area contributed by atoms with Gasteiger partial charge >= 0.3 is 6.18 Å². The van der Waals surface area contributed by atoms with Crippen LogP contribution in [0.2, 0.25) is 0 Å². The monoisotopic (exact) mass is 369 g/mol. The van der Waals surface area contributed by atoms with Gasteiger partial charge < -0.3 is 10.2 Å². The SMILES string of the molecule is CCN(Cc1cc(N2CCCC2)cc(C(F)(F)F)c1)C1(C)CCNCC1. The highest BCUT2D eigenvalue weighted by Gasteiger charge is 2.34. The highest BCUT2D eigenvalue weighted by molar-refractivity contribution is 5.52. The first-order valence-electron chi connectivity index (χ1n) is 9.74. The van der Waals surface area contributed by atoms with Gasteiger partial charge in [-0.25, -0.2) is 0 Å². The van der Waals surface area contributed by atoms with Crippen LogP contribution in [0.5, 0.6) is 0 Å². The van der Waals surface area contributed by atoms with E-state index in [0.29, 0.717) is 6.54 Å². The van der Waals surface area contributed by atoms with E-state index in [1.165, 1.54) is 12.1 Å². The van der Waals surface area contributed by atoms with Gasteiger partial charge in [0.2, 0.25) is 0 Å². The van der Waals surface area contributed by atoms with Crippen LogP contribution < -0.4 is 10.2 Å². The van der Waals surface area contributed by atoms with Crippen LogP contribution in [0.25, 0.3) is 0 Å². The first-order chi connectivity index (χ1) is 12.3. The Morgan fingerprint density at radius 2 is 1.77 bits per heavy atom. The number of anilines is 1. The van der Waals surface area contributed by atoms with Crippen LogP contribution in [0.15, 0.2) is 18.2 Å². The van der Waals surface area contributed by atoms with Gasteiger partial charge in [-0.3, -0.25) is 4.90 Å². The first kappa shape index (κ1) is 19.5. The number of halogens is 3. The first-order valence-corrected chi connectivity index (χ1v) is 9.74. The summed E-state index contributed by atoms with van der Waals surface area (Å²) in [4.78, 5) is 4.43. The molecule has 1 N–H and O–H groups in total. The van der Waals surface area contributed by atoms with Gasteiger partial charge in [0.1, 0.15) is 0 Å². The van der Waals surface area contributed by atoms with Gasteiger partial charge in [0.15, 0.2) is 0 Å². The average molecular weight is 369 g/mol. The van der Waals surface area contributed by atoms with E-state index in [0.717, 1.165) is 69.7 Å². The third-order valence-electron chi connectivity index (χ3n) is 5.98. The Morgan fingerprint density at radius 1 is 1.12 bits per heavy atom. The maximum absolute atomic E-state index is 13.4. The molecule has 0 bridgehead atoms. The summed E-state index contributed by atoms with van der Waals surface area (Å²) < 4.78 is 40.3. The number of hydrogen-bond donors (Lipinski definition) is 1. The third-order valence-corrected chi connectivity index (χ3v) is 5.98. The van der Waals surface area contributed by atoms with Gasteiger partial charge in [0.25, 0.3) is 0 Å². The molecule has 0 radical (unpaired) electrons. The number of nitrogens with zero attached hydrogens (tertiary/aromatic N) is 2. The molecule has 0 aromatic heterocycles. The molecule has 0 saturated carbocycles. The molecule has 2 heterocycles. The summed E-state index contributed by atoms with van der Waals surface area (Å²) in [6.07, 6.45) is -0.146. The number of benzene rings is 1. The van der Waals surface area contributed by atoms with Crippen molar-refractivity contribution in [1.29, 1.82) is 0 Å². The lowest BCUT2D eigenvalue weighted by Gasteiger charge is -2.44. The second kappa shape index (κ2) is 7.77. The maximum Gasteiger partial charge on any atom is 0.416 e. The molecule has 3 rings (SSSR count). The fourth-order valence-electron chi connectivity index (χ4n) is 4.27. The molecular weight excluding hydrogens is 339 g/mol. The van der Waals surface area contributed by atoms with Crippen LogP contribution >= 0.6 is 0 Å². The Bertz CT molecular complexity index is 603. The van der Waals surface area contributed by atoms with Crippen molar-refractivity contribution >= 4 is 5.69 Å². The van der Waals surface area contributed by atoms with Crippen LogP contribution in [0.1, 0.15) is 50.7 Å². The third kappa shape index (κ3) is 4.34. The molecule has 6 heteroatoms. The highest BCUT2D eigenvalue weighted by Crippen LogP contribution is 2.35. The van der Waals surface area contributed by atoms with Crippen molar-refractivity contribution in [3.63, 3.8) is 0 Å². The van der Waals surface area contributed by atoms with Gasteiger partial charge in [-0.1, -0.05) is 6.92 Å². The smallest absolute Gasteiger partial charge is 0.372 e. The molecule has 2 aliphatic heterocycles. The second-order valence-electron chi connectivity index (χ2n) is 7.84. The molecule has 1 aromatic carbocycles. The molecular formula is C20H30F3N3. The predicted octanol–water partition coefficient (Wildman–Crippen LogP) is 4.27. The average Bonchev–Trinajstić information content (AvgIpc) is 3.14. The fraction of sp³-hybridized carbons (Fsp3) is 0.700. The molecule has 3 nitrogen and oxygen atoms in total. The molecule has 0 spiro atoms. The van der Waals surface area contributed by atoms with Crippen molar-refractivity contribution in [2.75, 3.05) is 37.6 Å². The minimum absolute atomic E-state index is 0.0437. The number of hydrogen-bond acceptors (Lipinski definition) is 3. The quantitative estimate of drug-likeness (QED) is 0.836. The van der Waals surface area contributed by atoms with Crippen molar-refractivity contribution in [3.8, 4) is 0 Å². The van der Waals surface area contributed by atoms with E-state index >= 15 is 0 Å². The summed E-state index contributed by atoms with van der Waals surface area (Å²) in [5, 5.41) is 3.38. The molecule has 2 saturated heterocycles. The van der Waals surface area contributed by atoms with Crippen LogP contribution in [0.3, 0.4) is 0 Å². The zero-order valence-corrected chi connectivity index (χ0v) is 15.8. The minimum Gasteiger partial charge on any atom is -0.372 e. The van der Waals surface area contributed by atoms with Gasteiger partial charge in [0, 0.05) is 30.9 Å². The number of piperidine rings is 1. The van der Waals surface area contributed by atoms with Crippen LogP contribution in [0.4, 0.5) is 18.9 Å². The van der Waals surface area contributed by atoms with E-state index in [1.807, 2.05) is 6.07 Å². The Balaban J connectivity index is 1.88. The number of alkyl halides is 3. The maximum atomic E-state index is 13.4.